The van der Waals surface area contributed by atoms with Crippen molar-refractivity contribution in [1.29, 1.82) is 0 Å². The number of pyridine rings is 1. The molecule has 32 heavy (non-hydrogen) atoms. The van der Waals surface area contributed by atoms with Gasteiger partial charge in [0.1, 0.15) is 17.1 Å². The van der Waals surface area contributed by atoms with Crippen LogP contribution in [0.15, 0.2) is 52.0 Å². The monoisotopic (exact) mass is 453 g/mol. The van der Waals surface area contributed by atoms with E-state index in [0.29, 0.717) is 30.8 Å². The molecule has 0 saturated carbocycles. The first-order valence-electron chi connectivity index (χ1n) is 10.5. The molecule has 1 amide bonds. The third kappa shape index (κ3) is 4.87. The molecule has 0 saturated heterocycles. The maximum Gasteiger partial charge on any atom is 0.257 e. The van der Waals surface area contributed by atoms with Crippen LogP contribution in [0.4, 0.5) is 0 Å². The van der Waals surface area contributed by atoms with E-state index in [0.717, 1.165) is 36.6 Å². The smallest absolute Gasteiger partial charge is 0.257 e. The Kier molecular flexibility index (Phi) is 6.92. The topological polar surface area (TPSA) is 72.8 Å². The number of nitrogens with one attached hydrogen (secondary N) is 1. The van der Waals surface area contributed by atoms with Crippen molar-refractivity contribution in [2.75, 3.05) is 27.3 Å². The first-order valence-corrected chi connectivity index (χ1v) is 11.5. The molecule has 168 valence electrons. The van der Waals surface area contributed by atoms with Gasteiger partial charge in [0.25, 0.3) is 11.5 Å². The van der Waals surface area contributed by atoms with E-state index in [-0.39, 0.29) is 11.5 Å². The van der Waals surface area contributed by atoms with Crippen LogP contribution in [0.2, 0.25) is 0 Å². The average Bonchev–Trinajstić information content (AvgIpc) is 3.25. The number of amides is 1. The summed E-state index contributed by atoms with van der Waals surface area (Å²) in [5, 5.41) is 6.96. The number of fused-ring (bicyclic) bond motifs is 1. The van der Waals surface area contributed by atoms with Crippen LogP contribution in [0.1, 0.15) is 27.2 Å². The fourth-order valence-electron chi connectivity index (χ4n) is 4.01. The Morgan fingerprint density at radius 2 is 1.88 bits per heavy atom. The van der Waals surface area contributed by atoms with E-state index >= 15 is 0 Å². The fraction of sp³-hybridized carbons (Fsp3) is 0.333. The van der Waals surface area contributed by atoms with Crippen molar-refractivity contribution >= 4 is 17.2 Å². The molecule has 0 fully saturated rings. The highest BCUT2D eigenvalue weighted by Crippen LogP contribution is 2.24. The highest BCUT2D eigenvalue weighted by atomic mass is 32.1. The summed E-state index contributed by atoms with van der Waals surface area (Å²) in [6, 6.07) is 11.4. The lowest BCUT2D eigenvalue weighted by Crippen LogP contribution is -2.31. The van der Waals surface area contributed by atoms with E-state index in [1.54, 1.807) is 23.0 Å². The molecule has 0 unspecified atom stereocenters. The van der Waals surface area contributed by atoms with Crippen LogP contribution in [0.25, 0.3) is 0 Å². The number of methoxy groups -OCH3 is 2. The van der Waals surface area contributed by atoms with Crippen LogP contribution < -0.4 is 20.3 Å². The number of ether oxygens (including phenoxy) is 2. The highest BCUT2D eigenvalue weighted by Gasteiger charge is 2.25. The molecule has 2 aromatic heterocycles. The summed E-state index contributed by atoms with van der Waals surface area (Å²) in [5.41, 5.74) is 3.27. The number of hydrogen-bond donors (Lipinski definition) is 1. The molecule has 4 rings (SSSR count). The van der Waals surface area contributed by atoms with Gasteiger partial charge in [-0.1, -0.05) is 12.1 Å². The molecule has 3 aromatic rings. The standard InChI is InChI=1S/C24H27N3O4S/c1-30-19-5-3-17(4-6-19)15-26-9-7-20-23(24(29)25-14-18-8-12-32-16-18)21(31-2)13-22(28)27(20)11-10-26/h3-6,8,12-13,16H,7,9-11,14-15H2,1-2H3,(H,25,29). The number of aromatic nitrogens is 1. The Labute approximate surface area is 191 Å². The average molecular weight is 454 g/mol. The molecule has 0 bridgehead atoms. The van der Waals surface area contributed by atoms with Crippen molar-refractivity contribution in [3.8, 4) is 11.5 Å². The summed E-state index contributed by atoms with van der Waals surface area (Å²) in [6.07, 6.45) is 0.587. The minimum Gasteiger partial charge on any atom is -0.497 e. The molecule has 7 nitrogen and oxygen atoms in total. The lowest BCUT2D eigenvalue weighted by Gasteiger charge is -2.19. The lowest BCUT2D eigenvalue weighted by molar-refractivity contribution is 0.0945. The van der Waals surface area contributed by atoms with Crippen LogP contribution in [-0.4, -0.2) is 42.7 Å². The predicted molar refractivity (Wildman–Crippen MR) is 125 cm³/mol. The molecular formula is C24H27N3O4S. The number of nitrogens with zero attached hydrogens (tertiary/aromatic N) is 2. The zero-order valence-corrected chi connectivity index (χ0v) is 19.1. The second kappa shape index (κ2) is 10.0. The summed E-state index contributed by atoms with van der Waals surface area (Å²) in [6.45, 7) is 3.20. The second-order valence-corrected chi connectivity index (χ2v) is 8.49. The lowest BCUT2D eigenvalue weighted by atomic mass is 10.1. The van der Waals surface area contributed by atoms with Crippen LogP contribution in [0.3, 0.4) is 0 Å². The van der Waals surface area contributed by atoms with E-state index < -0.39 is 0 Å². The Hall–Kier alpha value is -3.10. The van der Waals surface area contributed by atoms with Crippen molar-refractivity contribution in [2.24, 2.45) is 0 Å². The summed E-state index contributed by atoms with van der Waals surface area (Å²) >= 11 is 1.59. The van der Waals surface area contributed by atoms with Gasteiger partial charge in [0.15, 0.2) is 0 Å². The first-order chi connectivity index (χ1) is 15.6. The number of carbonyl (C=O) groups is 1. The normalized spacial score (nSPS) is 13.8. The van der Waals surface area contributed by atoms with Crippen molar-refractivity contribution in [2.45, 2.75) is 26.1 Å². The largest absolute Gasteiger partial charge is 0.497 e. The van der Waals surface area contributed by atoms with E-state index in [9.17, 15) is 9.59 Å². The van der Waals surface area contributed by atoms with Gasteiger partial charge in [-0.25, -0.2) is 0 Å². The first kappa shape index (κ1) is 22.1. The summed E-state index contributed by atoms with van der Waals surface area (Å²) in [5.74, 6) is 0.932. The summed E-state index contributed by atoms with van der Waals surface area (Å²) in [4.78, 5) is 28.2. The number of benzene rings is 1. The van der Waals surface area contributed by atoms with Gasteiger partial charge < -0.3 is 19.4 Å². The Bertz CT molecular complexity index is 1120. The maximum atomic E-state index is 13.1. The molecule has 1 N–H and O–H groups in total. The van der Waals surface area contributed by atoms with Crippen molar-refractivity contribution in [1.82, 2.24) is 14.8 Å². The third-order valence-corrected chi connectivity index (χ3v) is 6.46. The minimum absolute atomic E-state index is 0.141. The Balaban J connectivity index is 1.55. The molecule has 1 aliphatic rings. The van der Waals surface area contributed by atoms with Crippen molar-refractivity contribution in [3.05, 3.63) is 79.9 Å². The van der Waals surface area contributed by atoms with E-state index in [1.807, 2.05) is 29.0 Å². The van der Waals surface area contributed by atoms with Gasteiger partial charge in [0.2, 0.25) is 0 Å². The maximum absolute atomic E-state index is 13.1. The van der Waals surface area contributed by atoms with E-state index in [4.69, 9.17) is 9.47 Å². The third-order valence-electron chi connectivity index (χ3n) is 5.73. The van der Waals surface area contributed by atoms with E-state index in [2.05, 4.69) is 22.3 Å². The molecule has 3 heterocycles. The quantitative estimate of drug-likeness (QED) is 0.596. The molecule has 8 heteroatoms. The van der Waals surface area contributed by atoms with Crippen LogP contribution in [-0.2, 0) is 26.1 Å². The van der Waals surface area contributed by atoms with Gasteiger partial charge in [0.05, 0.1) is 14.2 Å². The number of hydrogen-bond acceptors (Lipinski definition) is 6. The van der Waals surface area contributed by atoms with Crippen LogP contribution in [0.5, 0.6) is 11.5 Å². The van der Waals surface area contributed by atoms with Gasteiger partial charge in [-0.15, -0.1) is 0 Å². The minimum atomic E-state index is -0.222. The van der Waals surface area contributed by atoms with Gasteiger partial charge >= 0.3 is 0 Å². The molecule has 0 aliphatic carbocycles. The van der Waals surface area contributed by atoms with Crippen LogP contribution >= 0.6 is 11.3 Å². The molecular weight excluding hydrogens is 426 g/mol. The Morgan fingerprint density at radius 1 is 1.06 bits per heavy atom. The molecule has 0 atom stereocenters. The van der Waals surface area contributed by atoms with E-state index in [1.165, 1.54) is 18.7 Å². The summed E-state index contributed by atoms with van der Waals surface area (Å²) < 4.78 is 12.4. The van der Waals surface area contributed by atoms with Gasteiger partial charge in [-0.3, -0.25) is 14.5 Å². The molecule has 0 spiro atoms. The number of rotatable bonds is 7. The number of thiophene rings is 1. The Morgan fingerprint density at radius 3 is 2.56 bits per heavy atom. The van der Waals surface area contributed by atoms with Gasteiger partial charge in [0, 0.05) is 50.9 Å². The van der Waals surface area contributed by atoms with Crippen LogP contribution in [0, 0.1) is 0 Å². The van der Waals surface area contributed by atoms with Gasteiger partial charge in [-0.2, -0.15) is 11.3 Å². The SMILES string of the molecule is COc1ccc(CN2CCc3c(C(=O)NCc4ccsc4)c(OC)cc(=O)n3CC2)cc1. The highest BCUT2D eigenvalue weighted by molar-refractivity contribution is 7.07. The van der Waals surface area contributed by atoms with Crippen molar-refractivity contribution < 1.29 is 14.3 Å². The van der Waals surface area contributed by atoms with Crippen molar-refractivity contribution in [3.63, 3.8) is 0 Å². The zero-order chi connectivity index (χ0) is 22.5. The molecule has 1 aromatic carbocycles. The molecule has 1 aliphatic heterocycles. The van der Waals surface area contributed by atoms with Gasteiger partial charge in [-0.05, 0) is 40.1 Å². The number of carbonyl (C=O) groups excluding carboxylic acids is 1. The predicted octanol–water partition coefficient (Wildman–Crippen LogP) is 2.92. The second-order valence-electron chi connectivity index (χ2n) is 7.71. The zero-order valence-electron chi connectivity index (χ0n) is 18.3. The fourth-order valence-corrected chi connectivity index (χ4v) is 4.68. The summed E-state index contributed by atoms with van der Waals surface area (Å²) in [7, 11) is 3.15. The molecule has 0 radical (unpaired) electrons.